The first-order valence-corrected chi connectivity index (χ1v) is 22.3. The van der Waals surface area contributed by atoms with E-state index in [2.05, 4.69) is 217 Å². The standard InChI is InChI=1S/C61H36N4O/c1-2-10-37(11-3-1)38-18-23-42(24-19-38)59-62-60(45-25-22-40-21-20-39-12-6-7-15-48(39)50(40)33-45)64-61(63-59)46-28-30-56-53(34-46)58-51-36-47(29-26-41(51)27-31-57(58)66-56)65-54-17-9-8-16-49(54)52-32-43-13-4-5-14-44(43)35-55(52)65/h1-36H. The van der Waals surface area contributed by atoms with Crippen molar-refractivity contribution < 1.29 is 4.42 Å². The fourth-order valence-corrected chi connectivity index (χ4v) is 10.1. The normalized spacial score (nSPS) is 11.9. The predicted molar refractivity (Wildman–Crippen MR) is 273 cm³/mol. The number of nitrogens with zero attached hydrogens (tertiary/aromatic N) is 4. The third-order valence-electron chi connectivity index (χ3n) is 13.4. The lowest BCUT2D eigenvalue weighted by Crippen LogP contribution is -2.00. The monoisotopic (exact) mass is 840 g/mol. The maximum absolute atomic E-state index is 6.62. The molecule has 3 heterocycles. The van der Waals surface area contributed by atoms with E-state index in [1.165, 1.54) is 48.7 Å². The third-order valence-corrected chi connectivity index (χ3v) is 13.4. The molecule has 0 bridgehead atoms. The number of para-hydroxylation sites is 1. The Labute approximate surface area is 378 Å². The van der Waals surface area contributed by atoms with Crippen molar-refractivity contribution >= 4 is 86.8 Å². The minimum absolute atomic E-state index is 0.592. The van der Waals surface area contributed by atoms with Crippen molar-refractivity contribution in [3.63, 3.8) is 0 Å². The lowest BCUT2D eigenvalue weighted by atomic mass is 9.99. The summed E-state index contributed by atoms with van der Waals surface area (Å²) in [5.41, 5.74) is 10.1. The maximum Gasteiger partial charge on any atom is 0.164 e. The topological polar surface area (TPSA) is 56.7 Å². The molecule has 0 radical (unpaired) electrons. The highest BCUT2D eigenvalue weighted by Gasteiger charge is 2.19. The van der Waals surface area contributed by atoms with E-state index in [0.29, 0.717) is 17.5 Å². The molecule has 14 rings (SSSR count). The number of furan rings is 1. The zero-order chi connectivity index (χ0) is 43.3. The first-order valence-electron chi connectivity index (χ1n) is 22.3. The third kappa shape index (κ3) is 5.77. The fraction of sp³-hybridized carbons (Fsp3) is 0. The minimum Gasteiger partial charge on any atom is -0.456 e. The Morgan fingerprint density at radius 3 is 1.62 bits per heavy atom. The number of fused-ring (bicyclic) bond motifs is 12. The molecule has 11 aromatic carbocycles. The molecule has 0 N–H and O–H groups in total. The average molecular weight is 841 g/mol. The molecule has 0 aliphatic heterocycles. The van der Waals surface area contributed by atoms with Crippen molar-refractivity contribution in [1.82, 2.24) is 19.5 Å². The van der Waals surface area contributed by atoms with E-state index in [9.17, 15) is 0 Å². The van der Waals surface area contributed by atoms with Gasteiger partial charge in [-0.25, -0.2) is 15.0 Å². The van der Waals surface area contributed by atoms with Gasteiger partial charge in [-0.1, -0.05) is 158 Å². The van der Waals surface area contributed by atoms with E-state index in [0.717, 1.165) is 71.6 Å². The van der Waals surface area contributed by atoms with Gasteiger partial charge in [-0.05, 0) is 115 Å². The molecule has 66 heavy (non-hydrogen) atoms. The molecule has 0 saturated heterocycles. The molecule has 3 aromatic heterocycles. The van der Waals surface area contributed by atoms with Crippen LogP contribution in [0.4, 0.5) is 0 Å². The number of aromatic nitrogens is 4. The highest BCUT2D eigenvalue weighted by atomic mass is 16.3. The molecule has 14 aromatic rings. The summed E-state index contributed by atoms with van der Waals surface area (Å²) >= 11 is 0. The number of rotatable bonds is 5. The quantitative estimate of drug-likeness (QED) is 0.162. The zero-order valence-corrected chi connectivity index (χ0v) is 35.5. The van der Waals surface area contributed by atoms with Gasteiger partial charge in [0.1, 0.15) is 11.2 Å². The molecule has 0 saturated carbocycles. The van der Waals surface area contributed by atoms with E-state index in [1.807, 2.05) is 6.07 Å². The summed E-state index contributed by atoms with van der Waals surface area (Å²) in [6.45, 7) is 0. The van der Waals surface area contributed by atoms with E-state index in [1.54, 1.807) is 0 Å². The van der Waals surface area contributed by atoms with Crippen molar-refractivity contribution in [2.45, 2.75) is 0 Å². The SMILES string of the molecule is c1ccc(-c2ccc(-c3nc(-c4ccc5ccc6ccccc6c5c4)nc(-c4ccc5oc6ccc7ccc(-n8c9ccccc9c9cc%10ccccc%10cc98)cc7c6c5c4)n3)cc2)cc1. The maximum atomic E-state index is 6.62. The van der Waals surface area contributed by atoms with Crippen LogP contribution in [0.25, 0.3) is 138 Å². The Morgan fingerprint density at radius 1 is 0.288 bits per heavy atom. The molecule has 0 aliphatic rings. The summed E-state index contributed by atoms with van der Waals surface area (Å²) in [5.74, 6) is 1.82. The van der Waals surface area contributed by atoms with Gasteiger partial charge in [-0.2, -0.15) is 0 Å². The van der Waals surface area contributed by atoms with Crippen molar-refractivity contribution in [2.24, 2.45) is 0 Å². The van der Waals surface area contributed by atoms with Crippen LogP contribution in [0.15, 0.2) is 223 Å². The minimum atomic E-state index is 0.592. The van der Waals surface area contributed by atoms with Crippen LogP contribution < -0.4 is 0 Å². The van der Waals surface area contributed by atoms with Gasteiger partial charge < -0.3 is 8.98 Å². The first-order chi connectivity index (χ1) is 32.7. The van der Waals surface area contributed by atoms with Gasteiger partial charge in [0.2, 0.25) is 0 Å². The Balaban J connectivity index is 0.959. The molecule has 5 heteroatoms. The van der Waals surface area contributed by atoms with Gasteiger partial charge in [0, 0.05) is 43.9 Å². The number of benzene rings is 11. The second-order valence-corrected chi connectivity index (χ2v) is 17.2. The van der Waals surface area contributed by atoms with Crippen LogP contribution >= 0.6 is 0 Å². The molecule has 0 amide bonds. The van der Waals surface area contributed by atoms with Crippen LogP contribution in [-0.4, -0.2) is 19.5 Å². The van der Waals surface area contributed by atoms with Gasteiger partial charge in [-0.3, -0.25) is 0 Å². The van der Waals surface area contributed by atoms with Gasteiger partial charge >= 0.3 is 0 Å². The van der Waals surface area contributed by atoms with Crippen LogP contribution in [0.1, 0.15) is 0 Å². The number of hydrogen-bond donors (Lipinski definition) is 0. The highest BCUT2D eigenvalue weighted by Crippen LogP contribution is 2.40. The molecule has 0 unspecified atom stereocenters. The zero-order valence-electron chi connectivity index (χ0n) is 35.5. The summed E-state index contributed by atoms with van der Waals surface area (Å²) in [6, 6.07) is 77.6. The van der Waals surface area contributed by atoms with Crippen molar-refractivity contribution in [3.05, 3.63) is 218 Å². The lowest BCUT2D eigenvalue weighted by Gasteiger charge is -2.11. The Morgan fingerprint density at radius 2 is 0.818 bits per heavy atom. The molecule has 306 valence electrons. The molecular formula is C61H36N4O. The highest BCUT2D eigenvalue weighted by molar-refractivity contribution is 6.20. The van der Waals surface area contributed by atoms with E-state index < -0.39 is 0 Å². The molecule has 0 fully saturated rings. The smallest absolute Gasteiger partial charge is 0.164 e. The first kappa shape index (κ1) is 36.5. The molecule has 0 atom stereocenters. The molecule has 0 spiro atoms. The molecule has 5 nitrogen and oxygen atoms in total. The van der Waals surface area contributed by atoms with Crippen molar-refractivity contribution in [2.75, 3.05) is 0 Å². The largest absolute Gasteiger partial charge is 0.456 e. The van der Waals surface area contributed by atoms with E-state index >= 15 is 0 Å². The van der Waals surface area contributed by atoms with Crippen LogP contribution in [-0.2, 0) is 0 Å². The van der Waals surface area contributed by atoms with Crippen LogP contribution in [0.5, 0.6) is 0 Å². The predicted octanol–water partition coefficient (Wildman–Crippen LogP) is 16.1. The Kier molecular flexibility index (Phi) is 7.91. The average Bonchev–Trinajstić information content (AvgIpc) is 3.93. The van der Waals surface area contributed by atoms with Crippen LogP contribution in [0.2, 0.25) is 0 Å². The number of hydrogen-bond acceptors (Lipinski definition) is 4. The van der Waals surface area contributed by atoms with Crippen molar-refractivity contribution in [3.8, 4) is 51.0 Å². The second-order valence-electron chi connectivity index (χ2n) is 17.2. The Bertz CT molecular complexity index is 4280. The van der Waals surface area contributed by atoms with Gasteiger partial charge in [0.15, 0.2) is 17.5 Å². The fourth-order valence-electron chi connectivity index (χ4n) is 10.1. The molecular weight excluding hydrogens is 805 g/mol. The summed E-state index contributed by atoms with van der Waals surface area (Å²) in [6.07, 6.45) is 0. The summed E-state index contributed by atoms with van der Waals surface area (Å²) in [4.78, 5) is 15.7. The van der Waals surface area contributed by atoms with E-state index in [-0.39, 0.29) is 0 Å². The van der Waals surface area contributed by atoms with Crippen molar-refractivity contribution in [1.29, 1.82) is 0 Å². The van der Waals surface area contributed by atoms with Gasteiger partial charge in [-0.15, -0.1) is 0 Å². The molecule has 0 aliphatic carbocycles. The summed E-state index contributed by atoms with van der Waals surface area (Å²) < 4.78 is 9.02. The Hall–Kier alpha value is -8.93. The van der Waals surface area contributed by atoms with Crippen LogP contribution in [0.3, 0.4) is 0 Å². The van der Waals surface area contributed by atoms with E-state index in [4.69, 9.17) is 19.4 Å². The summed E-state index contributed by atoms with van der Waals surface area (Å²) in [5, 5.41) is 14.0. The lowest BCUT2D eigenvalue weighted by molar-refractivity contribution is 0.669. The van der Waals surface area contributed by atoms with Gasteiger partial charge in [0.05, 0.1) is 11.0 Å². The summed E-state index contributed by atoms with van der Waals surface area (Å²) in [7, 11) is 0. The van der Waals surface area contributed by atoms with Crippen LogP contribution in [0, 0.1) is 0 Å². The second kappa shape index (κ2) is 14.3. The van der Waals surface area contributed by atoms with Gasteiger partial charge in [0.25, 0.3) is 0 Å².